The van der Waals surface area contributed by atoms with Crippen LogP contribution in [0, 0.1) is 0 Å². The van der Waals surface area contributed by atoms with Crippen LogP contribution in [0.4, 0.5) is 0 Å². The SMILES string of the molecule is CC(C)OC(=O)CNCCSc1ccccc1. The predicted molar refractivity (Wildman–Crippen MR) is 71.3 cm³/mol. The molecule has 0 unspecified atom stereocenters. The molecule has 1 N–H and O–H groups in total. The second kappa shape index (κ2) is 8.14. The van der Waals surface area contributed by atoms with Gasteiger partial charge in [0.1, 0.15) is 0 Å². The Morgan fingerprint density at radius 2 is 2.06 bits per heavy atom. The number of esters is 1. The van der Waals surface area contributed by atoms with Crippen LogP contribution in [-0.4, -0.2) is 30.9 Å². The lowest BCUT2D eigenvalue weighted by atomic mass is 10.4. The van der Waals surface area contributed by atoms with Crippen LogP contribution >= 0.6 is 11.8 Å². The Bertz CT molecular complexity index is 327. The first-order valence-electron chi connectivity index (χ1n) is 5.76. The third-order valence-electron chi connectivity index (χ3n) is 1.93. The van der Waals surface area contributed by atoms with Crippen molar-refractivity contribution >= 4 is 17.7 Å². The number of carbonyl (C=O) groups excluding carboxylic acids is 1. The van der Waals surface area contributed by atoms with Gasteiger partial charge in [-0.05, 0) is 26.0 Å². The fourth-order valence-electron chi connectivity index (χ4n) is 1.25. The van der Waals surface area contributed by atoms with Crippen molar-refractivity contribution in [2.24, 2.45) is 0 Å². The molecule has 0 aliphatic carbocycles. The van der Waals surface area contributed by atoms with Crippen molar-refractivity contribution < 1.29 is 9.53 Å². The highest BCUT2D eigenvalue weighted by Gasteiger charge is 2.03. The van der Waals surface area contributed by atoms with Crippen molar-refractivity contribution in [1.82, 2.24) is 5.32 Å². The summed E-state index contributed by atoms with van der Waals surface area (Å²) in [5, 5.41) is 3.07. The molecule has 0 heterocycles. The Kier molecular flexibility index (Phi) is 6.74. The van der Waals surface area contributed by atoms with Crippen molar-refractivity contribution in [2.45, 2.75) is 24.8 Å². The molecule has 0 fully saturated rings. The highest BCUT2D eigenvalue weighted by molar-refractivity contribution is 7.99. The predicted octanol–water partition coefficient (Wildman–Crippen LogP) is 2.32. The van der Waals surface area contributed by atoms with E-state index in [0.29, 0.717) is 0 Å². The van der Waals surface area contributed by atoms with Crippen molar-refractivity contribution in [3.8, 4) is 0 Å². The van der Waals surface area contributed by atoms with E-state index in [4.69, 9.17) is 4.74 Å². The van der Waals surface area contributed by atoms with Gasteiger partial charge in [-0.25, -0.2) is 0 Å². The maximum absolute atomic E-state index is 11.2. The van der Waals surface area contributed by atoms with E-state index in [-0.39, 0.29) is 18.6 Å². The van der Waals surface area contributed by atoms with Gasteiger partial charge in [0.15, 0.2) is 0 Å². The summed E-state index contributed by atoms with van der Waals surface area (Å²) in [5.41, 5.74) is 0. The lowest BCUT2D eigenvalue weighted by molar-refractivity contribution is -0.146. The monoisotopic (exact) mass is 253 g/mol. The minimum absolute atomic E-state index is 0.0389. The summed E-state index contributed by atoms with van der Waals surface area (Å²) in [4.78, 5) is 12.4. The highest BCUT2D eigenvalue weighted by atomic mass is 32.2. The zero-order chi connectivity index (χ0) is 12.5. The smallest absolute Gasteiger partial charge is 0.320 e. The Hall–Kier alpha value is -1.00. The van der Waals surface area contributed by atoms with Crippen LogP contribution in [0.25, 0.3) is 0 Å². The summed E-state index contributed by atoms with van der Waals surface area (Å²) in [7, 11) is 0. The van der Waals surface area contributed by atoms with Gasteiger partial charge >= 0.3 is 5.97 Å². The van der Waals surface area contributed by atoms with Crippen molar-refractivity contribution in [2.75, 3.05) is 18.8 Å². The molecule has 0 saturated carbocycles. The number of nitrogens with one attached hydrogen (secondary N) is 1. The second-order valence-electron chi connectivity index (χ2n) is 3.88. The molecule has 0 aliphatic rings. The molecule has 1 aromatic carbocycles. The minimum Gasteiger partial charge on any atom is -0.462 e. The zero-order valence-corrected chi connectivity index (χ0v) is 11.1. The molecule has 0 aromatic heterocycles. The average molecular weight is 253 g/mol. The summed E-state index contributed by atoms with van der Waals surface area (Å²) >= 11 is 1.77. The molecule has 0 saturated heterocycles. The van der Waals surface area contributed by atoms with Crippen LogP contribution < -0.4 is 5.32 Å². The molecule has 0 radical (unpaired) electrons. The number of ether oxygens (including phenoxy) is 1. The van der Waals surface area contributed by atoms with E-state index in [1.165, 1.54) is 4.90 Å². The van der Waals surface area contributed by atoms with Crippen LogP contribution in [0.5, 0.6) is 0 Å². The topological polar surface area (TPSA) is 38.3 Å². The standard InChI is InChI=1S/C13H19NO2S/c1-11(2)16-13(15)10-14-8-9-17-12-6-4-3-5-7-12/h3-7,11,14H,8-10H2,1-2H3. The normalized spacial score (nSPS) is 10.5. The van der Waals surface area contributed by atoms with Gasteiger partial charge in [-0.15, -0.1) is 11.8 Å². The lowest BCUT2D eigenvalue weighted by Gasteiger charge is -2.08. The van der Waals surface area contributed by atoms with Crippen molar-refractivity contribution in [3.63, 3.8) is 0 Å². The van der Waals surface area contributed by atoms with E-state index in [0.717, 1.165) is 12.3 Å². The summed E-state index contributed by atoms with van der Waals surface area (Å²) in [5.74, 6) is 0.753. The highest BCUT2D eigenvalue weighted by Crippen LogP contribution is 2.15. The second-order valence-corrected chi connectivity index (χ2v) is 5.05. The van der Waals surface area contributed by atoms with Crippen molar-refractivity contribution in [3.05, 3.63) is 30.3 Å². The Labute approximate surface area is 107 Å². The summed E-state index contributed by atoms with van der Waals surface area (Å²) in [6, 6.07) is 10.2. The number of thioether (sulfide) groups is 1. The van der Waals surface area contributed by atoms with Gasteiger partial charge in [-0.2, -0.15) is 0 Å². The first kappa shape index (κ1) is 14.1. The van der Waals surface area contributed by atoms with Gasteiger partial charge in [-0.3, -0.25) is 4.79 Å². The molecule has 3 nitrogen and oxygen atoms in total. The molecule has 0 atom stereocenters. The van der Waals surface area contributed by atoms with Gasteiger partial charge in [-0.1, -0.05) is 18.2 Å². The number of benzene rings is 1. The van der Waals surface area contributed by atoms with Gasteiger partial charge in [0.05, 0.1) is 12.6 Å². The van der Waals surface area contributed by atoms with Gasteiger partial charge in [0.25, 0.3) is 0 Å². The fourth-order valence-corrected chi connectivity index (χ4v) is 2.08. The maximum Gasteiger partial charge on any atom is 0.320 e. The molecule has 0 amide bonds. The number of carbonyl (C=O) groups is 1. The first-order valence-corrected chi connectivity index (χ1v) is 6.75. The molecule has 4 heteroatoms. The Balaban J connectivity index is 2.03. The van der Waals surface area contributed by atoms with Crippen LogP contribution in [0.15, 0.2) is 35.2 Å². The quantitative estimate of drug-likeness (QED) is 0.460. The Morgan fingerprint density at radius 1 is 1.35 bits per heavy atom. The minimum atomic E-state index is -0.190. The third-order valence-corrected chi connectivity index (χ3v) is 2.94. The average Bonchev–Trinajstić information content (AvgIpc) is 2.29. The van der Waals surface area contributed by atoms with Crippen molar-refractivity contribution in [1.29, 1.82) is 0 Å². The fraction of sp³-hybridized carbons (Fsp3) is 0.462. The molecule has 94 valence electrons. The zero-order valence-electron chi connectivity index (χ0n) is 10.3. The third kappa shape index (κ3) is 7.02. The van der Waals surface area contributed by atoms with Crippen LogP contribution in [0.3, 0.4) is 0 Å². The molecular formula is C13H19NO2S. The summed E-state index contributed by atoms with van der Waals surface area (Å²) in [6.45, 7) is 4.78. The summed E-state index contributed by atoms with van der Waals surface area (Å²) in [6.07, 6.45) is -0.0389. The molecule has 0 aliphatic heterocycles. The number of rotatable bonds is 7. The van der Waals surface area contributed by atoms with E-state index in [9.17, 15) is 4.79 Å². The van der Waals surface area contributed by atoms with Crippen LogP contribution in [0.2, 0.25) is 0 Å². The first-order chi connectivity index (χ1) is 8.18. The molecule has 17 heavy (non-hydrogen) atoms. The number of hydrogen-bond acceptors (Lipinski definition) is 4. The largest absolute Gasteiger partial charge is 0.462 e. The van der Waals surface area contributed by atoms with E-state index >= 15 is 0 Å². The van der Waals surface area contributed by atoms with Gasteiger partial charge in [0.2, 0.25) is 0 Å². The molecule has 1 rings (SSSR count). The van der Waals surface area contributed by atoms with Crippen LogP contribution in [0.1, 0.15) is 13.8 Å². The molecule has 0 spiro atoms. The van der Waals surface area contributed by atoms with E-state index in [1.54, 1.807) is 11.8 Å². The van der Waals surface area contributed by atoms with Gasteiger partial charge < -0.3 is 10.1 Å². The molecule has 1 aromatic rings. The number of hydrogen-bond donors (Lipinski definition) is 1. The van der Waals surface area contributed by atoms with E-state index in [1.807, 2.05) is 32.0 Å². The molecular weight excluding hydrogens is 234 g/mol. The lowest BCUT2D eigenvalue weighted by Crippen LogP contribution is -2.28. The van der Waals surface area contributed by atoms with E-state index in [2.05, 4.69) is 17.4 Å². The summed E-state index contributed by atoms with van der Waals surface area (Å²) < 4.78 is 5.01. The maximum atomic E-state index is 11.2. The molecule has 0 bridgehead atoms. The Morgan fingerprint density at radius 3 is 2.71 bits per heavy atom. The van der Waals surface area contributed by atoms with Gasteiger partial charge in [0, 0.05) is 17.2 Å². The van der Waals surface area contributed by atoms with E-state index < -0.39 is 0 Å². The van der Waals surface area contributed by atoms with Crippen LogP contribution in [-0.2, 0) is 9.53 Å².